The first-order valence-corrected chi connectivity index (χ1v) is 7.79. The zero-order chi connectivity index (χ0) is 14.4. The van der Waals surface area contributed by atoms with Gasteiger partial charge in [0.05, 0.1) is 12.1 Å². The smallest absolute Gasteiger partial charge is 0.268 e. The molecule has 0 radical (unpaired) electrons. The van der Waals surface area contributed by atoms with Crippen molar-refractivity contribution < 1.29 is 4.74 Å². The number of aromatic amines is 1. The number of hydrogen-bond acceptors (Lipinski definition) is 5. The summed E-state index contributed by atoms with van der Waals surface area (Å²) in [7, 11) is 0. The molecule has 0 aliphatic carbocycles. The van der Waals surface area contributed by atoms with Crippen molar-refractivity contribution in [3.63, 3.8) is 0 Å². The summed E-state index contributed by atoms with van der Waals surface area (Å²) < 4.78 is 6.19. The molecule has 110 valence electrons. The van der Waals surface area contributed by atoms with Crippen molar-refractivity contribution in [2.24, 2.45) is 5.92 Å². The zero-order valence-electron chi connectivity index (χ0n) is 11.9. The molecule has 0 saturated carbocycles. The molecule has 2 rings (SSSR count). The van der Waals surface area contributed by atoms with Crippen molar-refractivity contribution in [3.8, 4) is 0 Å². The average Bonchev–Trinajstić information content (AvgIpc) is 2.86. The van der Waals surface area contributed by atoms with Crippen LogP contribution in [0.15, 0.2) is 16.2 Å². The van der Waals surface area contributed by atoms with Gasteiger partial charge in [0, 0.05) is 13.2 Å². The first-order chi connectivity index (χ1) is 9.66. The molecule has 0 aromatic carbocycles. The normalized spacial score (nSPS) is 11.6. The van der Waals surface area contributed by atoms with E-state index in [9.17, 15) is 4.79 Å². The van der Waals surface area contributed by atoms with Crippen LogP contribution >= 0.6 is 11.3 Å². The van der Waals surface area contributed by atoms with Gasteiger partial charge in [-0.1, -0.05) is 13.8 Å². The minimum Gasteiger partial charge on any atom is -0.381 e. The first kappa shape index (κ1) is 15.2. The molecule has 0 aliphatic rings. The number of H-pyrrole nitrogens is 1. The van der Waals surface area contributed by atoms with E-state index in [0.717, 1.165) is 31.7 Å². The third-order valence-electron chi connectivity index (χ3n) is 2.75. The summed E-state index contributed by atoms with van der Waals surface area (Å²) in [5, 5.41) is 5.15. The lowest BCUT2D eigenvalue weighted by atomic mass is 10.2. The molecular weight excluding hydrogens is 274 g/mol. The minimum atomic E-state index is -0.0536. The minimum absolute atomic E-state index is 0.0536. The van der Waals surface area contributed by atoms with Crippen LogP contribution in [0.1, 0.15) is 26.1 Å². The number of rotatable bonds is 8. The highest BCUT2D eigenvalue weighted by Crippen LogP contribution is 2.13. The first-order valence-electron chi connectivity index (χ1n) is 6.91. The Labute approximate surface area is 122 Å². The van der Waals surface area contributed by atoms with Crippen molar-refractivity contribution in [1.29, 1.82) is 0 Å². The van der Waals surface area contributed by atoms with Crippen LogP contribution in [-0.4, -0.2) is 29.7 Å². The van der Waals surface area contributed by atoms with Gasteiger partial charge in [0.1, 0.15) is 10.5 Å². The third-order valence-corrected chi connectivity index (χ3v) is 3.65. The molecule has 0 atom stereocenters. The lowest BCUT2D eigenvalue weighted by molar-refractivity contribution is 0.108. The molecular formula is C14H21N3O2S. The van der Waals surface area contributed by atoms with Crippen LogP contribution in [0.3, 0.4) is 0 Å². The molecule has 0 unspecified atom stereocenters. The van der Waals surface area contributed by atoms with Crippen LogP contribution < -0.4 is 10.9 Å². The molecule has 0 aliphatic heterocycles. The summed E-state index contributed by atoms with van der Waals surface area (Å²) in [6, 6.07) is 1.87. The number of hydrogen-bond donors (Lipinski definition) is 2. The molecule has 0 fully saturated rings. The van der Waals surface area contributed by atoms with E-state index in [2.05, 4.69) is 29.1 Å². The maximum absolute atomic E-state index is 11.8. The predicted molar refractivity (Wildman–Crippen MR) is 82.2 cm³/mol. The summed E-state index contributed by atoms with van der Waals surface area (Å²) in [4.78, 5) is 19.0. The van der Waals surface area contributed by atoms with Crippen molar-refractivity contribution in [1.82, 2.24) is 15.3 Å². The Hall–Kier alpha value is -1.24. The fourth-order valence-corrected chi connectivity index (χ4v) is 2.56. The fraction of sp³-hybridized carbons (Fsp3) is 0.571. The molecule has 0 amide bonds. The van der Waals surface area contributed by atoms with E-state index in [4.69, 9.17) is 4.74 Å². The fourth-order valence-electron chi connectivity index (χ4n) is 1.83. The van der Waals surface area contributed by atoms with Crippen molar-refractivity contribution in [3.05, 3.63) is 27.6 Å². The molecule has 2 heterocycles. The standard InChI is InChI=1S/C14H21N3O2S/c1-10(2)9-19-6-3-5-15-8-12-16-11-4-7-20-13(11)14(18)17-12/h4,7,10,15H,3,5-6,8-9H2,1-2H3,(H,16,17,18). The second kappa shape index (κ2) is 7.52. The van der Waals surface area contributed by atoms with Crippen molar-refractivity contribution in [2.45, 2.75) is 26.8 Å². The largest absolute Gasteiger partial charge is 0.381 e. The highest BCUT2D eigenvalue weighted by atomic mass is 32.1. The molecule has 0 spiro atoms. The van der Waals surface area contributed by atoms with Crippen LogP contribution in [0.2, 0.25) is 0 Å². The van der Waals surface area contributed by atoms with E-state index in [1.165, 1.54) is 11.3 Å². The quantitative estimate of drug-likeness (QED) is 0.732. The number of nitrogens with one attached hydrogen (secondary N) is 2. The van der Waals surface area contributed by atoms with E-state index >= 15 is 0 Å². The summed E-state index contributed by atoms with van der Waals surface area (Å²) in [5.74, 6) is 1.26. The van der Waals surface area contributed by atoms with Gasteiger partial charge in [-0.2, -0.15) is 0 Å². The Balaban J connectivity index is 1.72. The van der Waals surface area contributed by atoms with E-state index < -0.39 is 0 Å². The van der Waals surface area contributed by atoms with Gasteiger partial charge in [-0.25, -0.2) is 4.98 Å². The maximum Gasteiger partial charge on any atom is 0.268 e. The molecule has 5 nitrogen and oxygen atoms in total. The average molecular weight is 295 g/mol. The molecule has 6 heteroatoms. The van der Waals surface area contributed by atoms with Gasteiger partial charge < -0.3 is 15.0 Å². The second-order valence-corrected chi connectivity index (χ2v) is 6.06. The van der Waals surface area contributed by atoms with Crippen LogP contribution in [0.25, 0.3) is 10.2 Å². The van der Waals surface area contributed by atoms with Gasteiger partial charge >= 0.3 is 0 Å². The molecule has 2 aromatic rings. The van der Waals surface area contributed by atoms with Crippen molar-refractivity contribution >= 4 is 21.6 Å². The monoisotopic (exact) mass is 295 g/mol. The topological polar surface area (TPSA) is 67.0 Å². The lowest BCUT2D eigenvalue weighted by Gasteiger charge is -2.07. The van der Waals surface area contributed by atoms with Crippen molar-refractivity contribution in [2.75, 3.05) is 19.8 Å². The third kappa shape index (κ3) is 4.40. The van der Waals surface area contributed by atoms with Crippen LogP contribution in [0, 0.1) is 5.92 Å². The van der Waals surface area contributed by atoms with Gasteiger partial charge in [-0.05, 0) is 30.3 Å². The predicted octanol–water partition coefficient (Wildman–Crippen LogP) is 2.14. The summed E-state index contributed by atoms with van der Waals surface area (Å²) in [6.45, 7) is 7.28. The van der Waals surface area contributed by atoms with Crippen LogP contribution in [0.5, 0.6) is 0 Å². The van der Waals surface area contributed by atoms with Gasteiger partial charge in [0.25, 0.3) is 5.56 Å². The summed E-state index contributed by atoms with van der Waals surface area (Å²) >= 11 is 1.42. The lowest BCUT2D eigenvalue weighted by Crippen LogP contribution is -2.21. The molecule has 20 heavy (non-hydrogen) atoms. The molecule has 0 saturated heterocycles. The second-order valence-electron chi connectivity index (χ2n) is 5.15. The molecule has 0 bridgehead atoms. The number of ether oxygens (including phenoxy) is 1. The Morgan fingerprint density at radius 3 is 3.15 bits per heavy atom. The zero-order valence-corrected chi connectivity index (χ0v) is 12.8. The Morgan fingerprint density at radius 1 is 1.50 bits per heavy atom. The Kier molecular flexibility index (Phi) is 5.70. The van der Waals surface area contributed by atoms with E-state index in [-0.39, 0.29) is 5.56 Å². The number of fused-ring (bicyclic) bond motifs is 1. The SMILES string of the molecule is CC(C)COCCCNCc1nc2ccsc2c(=O)[nH]1. The highest BCUT2D eigenvalue weighted by Gasteiger charge is 2.04. The number of thiophene rings is 1. The van der Waals surface area contributed by atoms with E-state index in [1.54, 1.807) is 0 Å². The number of aromatic nitrogens is 2. The van der Waals surface area contributed by atoms with E-state index in [0.29, 0.717) is 23.0 Å². The highest BCUT2D eigenvalue weighted by molar-refractivity contribution is 7.17. The van der Waals surface area contributed by atoms with Gasteiger partial charge in [0.15, 0.2) is 0 Å². The van der Waals surface area contributed by atoms with Crippen LogP contribution in [-0.2, 0) is 11.3 Å². The van der Waals surface area contributed by atoms with Gasteiger partial charge in [0.2, 0.25) is 0 Å². The van der Waals surface area contributed by atoms with E-state index in [1.807, 2.05) is 11.4 Å². The molecule has 2 aromatic heterocycles. The summed E-state index contributed by atoms with van der Waals surface area (Å²) in [6.07, 6.45) is 0.956. The van der Waals surface area contributed by atoms with Crippen LogP contribution in [0.4, 0.5) is 0 Å². The summed E-state index contributed by atoms with van der Waals surface area (Å²) in [5.41, 5.74) is 0.720. The Bertz CT molecular complexity index is 591. The maximum atomic E-state index is 11.8. The number of nitrogens with zero attached hydrogens (tertiary/aromatic N) is 1. The molecule has 2 N–H and O–H groups in total. The van der Waals surface area contributed by atoms with Gasteiger partial charge in [-0.15, -0.1) is 11.3 Å². The van der Waals surface area contributed by atoms with Gasteiger partial charge in [-0.3, -0.25) is 4.79 Å². The Morgan fingerprint density at radius 2 is 2.35 bits per heavy atom.